The van der Waals surface area contributed by atoms with Crippen LogP contribution in [0.3, 0.4) is 0 Å². The smallest absolute Gasteiger partial charge is 0.241 e. The topological polar surface area (TPSA) is 61.0 Å². The van der Waals surface area contributed by atoms with Crippen LogP contribution in [0, 0.1) is 5.92 Å². The minimum absolute atomic E-state index is 0.251. The molecule has 0 saturated heterocycles. The van der Waals surface area contributed by atoms with Gasteiger partial charge in [-0.2, -0.15) is 4.98 Å². The van der Waals surface area contributed by atoms with Gasteiger partial charge in [0.15, 0.2) is 5.15 Å². The van der Waals surface area contributed by atoms with Gasteiger partial charge in [-0.1, -0.05) is 11.6 Å². The third kappa shape index (κ3) is 2.01. The second-order valence-corrected chi connectivity index (χ2v) is 3.50. The van der Waals surface area contributed by atoms with Crippen molar-refractivity contribution in [3.8, 4) is 5.88 Å². The molecule has 1 aliphatic rings. The van der Waals surface area contributed by atoms with Crippen LogP contribution >= 0.6 is 11.6 Å². The maximum absolute atomic E-state index is 5.69. The Kier molecular flexibility index (Phi) is 2.22. The minimum Gasteiger partial charge on any atom is -0.476 e. The Labute approximate surface area is 81.1 Å². The fraction of sp³-hybridized carbons (Fsp3) is 0.500. The maximum atomic E-state index is 5.69. The van der Waals surface area contributed by atoms with Crippen molar-refractivity contribution in [3.05, 3.63) is 11.5 Å². The Hall–Kier alpha value is -1.03. The van der Waals surface area contributed by atoms with Gasteiger partial charge < -0.3 is 10.5 Å². The fourth-order valence-corrected chi connectivity index (χ4v) is 1.08. The van der Waals surface area contributed by atoms with Crippen LogP contribution in [-0.2, 0) is 0 Å². The minimum atomic E-state index is 0.251. The molecule has 0 spiro atoms. The highest BCUT2D eigenvalue weighted by Gasteiger charge is 2.22. The normalized spacial score (nSPS) is 15.8. The highest BCUT2D eigenvalue weighted by Crippen LogP contribution is 2.31. The van der Waals surface area contributed by atoms with Gasteiger partial charge in [0.25, 0.3) is 0 Å². The predicted molar refractivity (Wildman–Crippen MR) is 49.7 cm³/mol. The number of ether oxygens (including phenoxy) is 1. The van der Waals surface area contributed by atoms with E-state index in [0.29, 0.717) is 24.1 Å². The van der Waals surface area contributed by atoms with E-state index in [-0.39, 0.29) is 5.15 Å². The molecule has 1 aromatic rings. The fourth-order valence-electron chi connectivity index (χ4n) is 0.956. The van der Waals surface area contributed by atoms with Crippen LogP contribution < -0.4 is 10.5 Å². The molecule has 4 nitrogen and oxygen atoms in total. The number of hydrogen-bond donors (Lipinski definition) is 1. The van der Waals surface area contributed by atoms with Gasteiger partial charge in [-0.3, -0.25) is 0 Å². The van der Waals surface area contributed by atoms with E-state index in [0.717, 1.165) is 0 Å². The van der Waals surface area contributed by atoms with Crippen molar-refractivity contribution in [2.45, 2.75) is 12.8 Å². The summed E-state index contributed by atoms with van der Waals surface area (Å²) in [5, 5.41) is 0.251. The van der Waals surface area contributed by atoms with Crippen LogP contribution in [0.5, 0.6) is 5.88 Å². The molecule has 0 aromatic carbocycles. The summed E-state index contributed by atoms with van der Waals surface area (Å²) < 4.78 is 5.38. The number of nitrogen functional groups attached to an aromatic ring is 1. The summed E-state index contributed by atoms with van der Waals surface area (Å²) in [7, 11) is 0. The van der Waals surface area contributed by atoms with E-state index in [1.165, 1.54) is 19.2 Å². The molecule has 0 unspecified atom stereocenters. The lowest BCUT2D eigenvalue weighted by atomic mass is 10.4. The van der Waals surface area contributed by atoms with Crippen molar-refractivity contribution >= 4 is 17.3 Å². The first-order valence-electron chi connectivity index (χ1n) is 4.16. The average Bonchev–Trinajstić information content (AvgIpc) is 2.91. The molecular formula is C8H10ClN3O. The quantitative estimate of drug-likeness (QED) is 0.750. The van der Waals surface area contributed by atoms with E-state index >= 15 is 0 Å². The first-order valence-corrected chi connectivity index (χ1v) is 4.54. The zero-order valence-electron chi connectivity index (χ0n) is 7.03. The van der Waals surface area contributed by atoms with Crippen LogP contribution in [0.25, 0.3) is 0 Å². The number of halogens is 1. The Bertz CT molecular complexity index is 314. The van der Waals surface area contributed by atoms with Crippen molar-refractivity contribution < 1.29 is 4.74 Å². The van der Waals surface area contributed by atoms with Gasteiger partial charge in [0.1, 0.15) is 12.0 Å². The standard InChI is InChI=1S/C8H10ClN3O/c9-7-6(10)8(12-4-11-7)13-3-5-1-2-5/h4-5H,1-3,10H2. The van der Waals surface area contributed by atoms with E-state index in [1.54, 1.807) is 0 Å². The third-order valence-electron chi connectivity index (χ3n) is 1.95. The summed E-state index contributed by atoms with van der Waals surface area (Å²) in [6.07, 6.45) is 3.82. The molecule has 0 bridgehead atoms. The summed E-state index contributed by atoms with van der Waals surface area (Å²) in [5.41, 5.74) is 5.93. The van der Waals surface area contributed by atoms with E-state index in [9.17, 15) is 0 Å². The van der Waals surface area contributed by atoms with E-state index in [2.05, 4.69) is 9.97 Å². The number of nitrogens with two attached hydrogens (primary N) is 1. The number of rotatable bonds is 3. The lowest BCUT2D eigenvalue weighted by Crippen LogP contribution is -2.04. The van der Waals surface area contributed by atoms with Crippen molar-refractivity contribution in [2.24, 2.45) is 5.92 Å². The Balaban J connectivity index is 2.05. The van der Waals surface area contributed by atoms with Gasteiger partial charge in [0.2, 0.25) is 5.88 Å². The second kappa shape index (κ2) is 3.38. The first-order chi connectivity index (χ1) is 6.27. The highest BCUT2D eigenvalue weighted by atomic mass is 35.5. The van der Waals surface area contributed by atoms with Gasteiger partial charge in [-0.15, -0.1) is 0 Å². The Morgan fingerprint density at radius 1 is 1.54 bits per heavy atom. The van der Waals surface area contributed by atoms with E-state index in [4.69, 9.17) is 22.1 Å². The monoisotopic (exact) mass is 199 g/mol. The molecule has 1 heterocycles. The molecule has 13 heavy (non-hydrogen) atoms. The van der Waals surface area contributed by atoms with E-state index < -0.39 is 0 Å². The summed E-state index contributed by atoms with van der Waals surface area (Å²) in [5.74, 6) is 1.07. The van der Waals surface area contributed by atoms with Gasteiger partial charge in [-0.25, -0.2) is 4.98 Å². The predicted octanol–water partition coefficient (Wildman–Crippen LogP) is 1.50. The zero-order chi connectivity index (χ0) is 9.26. The lowest BCUT2D eigenvalue weighted by molar-refractivity contribution is 0.289. The summed E-state index contributed by atoms with van der Waals surface area (Å²) in [6, 6.07) is 0. The van der Waals surface area contributed by atoms with Crippen molar-refractivity contribution in [3.63, 3.8) is 0 Å². The molecular weight excluding hydrogens is 190 g/mol. The molecule has 2 rings (SSSR count). The van der Waals surface area contributed by atoms with Crippen molar-refractivity contribution in [1.82, 2.24) is 9.97 Å². The highest BCUT2D eigenvalue weighted by molar-refractivity contribution is 6.32. The SMILES string of the molecule is Nc1c(Cl)ncnc1OCC1CC1. The molecule has 5 heteroatoms. The molecule has 0 radical (unpaired) electrons. The van der Waals surface area contributed by atoms with Crippen LogP contribution in [-0.4, -0.2) is 16.6 Å². The Morgan fingerprint density at radius 3 is 3.00 bits per heavy atom. The molecule has 70 valence electrons. The third-order valence-corrected chi connectivity index (χ3v) is 2.25. The van der Waals surface area contributed by atoms with Gasteiger partial charge in [-0.05, 0) is 18.8 Å². The number of aromatic nitrogens is 2. The number of nitrogens with zero attached hydrogens (tertiary/aromatic N) is 2. The van der Waals surface area contributed by atoms with Crippen molar-refractivity contribution in [2.75, 3.05) is 12.3 Å². The molecule has 0 atom stereocenters. The van der Waals surface area contributed by atoms with Crippen LogP contribution in [0.2, 0.25) is 5.15 Å². The molecule has 0 aliphatic heterocycles. The lowest BCUT2D eigenvalue weighted by Gasteiger charge is -2.06. The second-order valence-electron chi connectivity index (χ2n) is 3.14. The molecule has 1 aliphatic carbocycles. The summed E-state index contributed by atoms with van der Waals surface area (Å²) >= 11 is 5.69. The number of anilines is 1. The number of hydrogen-bond acceptors (Lipinski definition) is 4. The summed E-state index contributed by atoms with van der Waals surface area (Å²) in [4.78, 5) is 7.63. The molecule has 1 fully saturated rings. The first kappa shape index (κ1) is 8.56. The molecule has 1 saturated carbocycles. The Morgan fingerprint density at radius 2 is 2.31 bits per heavy atom. The van der Waals surface area contributed by atoms with Crippen LogP contribution in [0.15, 0.2) is 6.33 Å². The van der Waals surface area contributed by atoms with E-state index in [1.807, 2.05) is 0 Å². The van der Waals surface area contributed by atoms with Gasteiger partial charge in [0, 0.05) is 0 Å². The molecule has 1 aromatic heterocycles. The van der Waals surface area contributed by atoms with Gasteiger partial charge >= 0.3 is 0 Å². The van der Waals surface area contributed by atoms with Crippen LogP contribution in [0.4, 0.5) is 5.69 Å². The van der Waals surface area contributed by atoms with Crippen molar-refractivity contribution in [1.29, 1.82) is 0 Å². The average molecular weight is 200 g/mol. The van der Waals surface area contributed by atoms with Crippen LogP contribution in [0.1, 0.15) is 12.8 Å². The molecule has 0 amide bonds. The van der Waals surface area contributed by atoms with Gasteiger partial charge in [0.05, 0.1) is 6.61 Å². The summed E-state index contributed by atoms with van der Waals surface area (Å²) in [6.45, 7) is 0.678. The largest absolute Gasteiger partial charge is 0.476 e. The molecule has 2 N–H and O–H groups in total. The maximum Gasteiger partial charge on any atom is 0.241 e. The zero-order valence-corrected chi connectivity index (χ0v) is 7.79.